The lowest BCUT2D eigenvalue weighted by Gasteiger charge is -2.18. The van der Waals surface area contributed by atoms with E-state index in [4.69, 9.17) is 4.74 Å². The number of halogens is 1. The molecule has 1 aromatic heterocycles. The van der Waals surface area contributed by atoms with Gasteiger partial charge in [0.2, 0.25) is 0 Å². The van der Waals surface area contributed by atoms with Gasteiger partial charge in [0.25, 0.3) is 0 Å². The molecule has 1 aromatic carbocycles. The van der Waals surface area contributed by atoms with E-state index in [1.807, 2.05) is 24.2 Å². The fourth-order valence-corrected chi connectivity index (χ4v) is 3.86. The zero-order valence-electron chi connectivity index (χ0n) is 13.3. The van der Waals surface area contributed by atoms with Crippen LogP contribution < -0.4 is 5.32 Å². The normalized spacial score (nSPS) is 12.9. The van der Waals surface area contributed by atoms with E-state index < -0.39 is 11.8 Å². The van der Waals surface area contributed by atoms with Crippen LogP contribution in [0.3, 0.4) is 0 Å². The topological polar surface area (TPSA) is 41.6 Å². The van der Waals surface area contributed by atoms with Gasteiger partial charge in [-0.05, 0) is 37.4 Å². The molecule has 0 aliphatic carbocycles. The first kappa shape index (κ1) is 16.9. The van der Waals surface area contributed by atoms with Crippen LogP contribution in [0.15, 0.2) is 29.3 Å². The van der Waals surface area contributed by atoms with Gasteiger partial charge in [-0.25, -0.2) is 9.18 Å². The van der Waals surface area contributed by atoms with Crippen LogP contribution in [0.1, 0.15) is 27.0 Å². The van der Waals surface area contributed by atoms with Crippen LogP contribution in [0.5, 0.6) is 0 Å². The van der Waals surface area contributed by atoms with Crippen molar-refractivity contribution in [1.29, 1.82) is 0 Å². The Bertz CT molecular complexity index is 817. The van der Waals surface area contributed by atoms with Crippen molar-refractivity contribution < 1.29 is 13.9 Å². The second-order valence-electron chi connectivity index (χ2n) is 5.38. The predicted octanol–water partition coefficient (Wildman–Crippen LogP) is 4.51. The van der Waals surface area contributed by atoms with Crippen molar-refractivity contribution in [2.75, 3.05) is 19.0 Å². The first-order valence-corrected chi connectivity index (χ1v) is 8.72. The van der Waals surface area contributed by atoms with Crippen molar-refractivity contribution in [1.82, 2.24) is 4.90 Å². The van der Waals surface area contributed by atoms with E-state index >= 15 is 0 Å². The fraction of sp³-hybridized carbons (Fsp3) is 0.235. The number of rotatable bonds is 4. The van der Waals surface area contributed by atoms with E-state index in [2.05, 4.69) is 17.9 Å². The first-order valence-electron chi connectivity index (χ1n) is 7.46. The van der Waals surface area contributed by atoms with Gasteiger partial charge in [0, 0.05) is 22.4 Å². The van der Waals surface area contributed by atoms with Gasteiger partial charge in [-0.1, -0.05) is 0 Å². The highest BCUT2D eigenvalue weighted by molar-refractivity contribution is 7.80. The van der Waals surface area contributed by atoms with Crippen LogP contribution in [0, 0.1) is 5.82 Å². The van der Waals surface area contributed by atoms with E-state index in [-0.39, 0.29) is 0 Å². The molecule has 126 valence electrons. The zero-order valence-corrected chi connectivity index (χ0v) is 15.0. The summed E-state index contributed by atoms with van der Waals surface area (Å²) in [7, 11) is 1.96. The summed E-state index contributed by atoms with van der Waals surface area (Å²) < 4.78 is 19.3. The summed E-state index contributed by atoms with van der Waals surface area (Å²) in [5, 5.41) is 3.06. The Morgan fingerprint density at radius 1 is 1.50 bits per heavy atom. The largest absolute Gasteiger partial charge is 0.462 e. The van der Waals surface area contributed by atoms with Gasteiger partial charge in [-0.15, -0.1) is 24.0 Å². The van der Waals surface area contributed by atoms with E-state index in [0.717, 1.165) is 10.4 Å². The number of nitrogens with zero attached hydrogens (tertiary/aromatic N) is 1. The molecule has 0 saturated heterocycles. The van der Waals surface area contributed by atoms with Gasteiger partial charge in [0.1, 0.15) is 10.7 Å². The first-order chi connectivity index (χ1) is 11.5. The standard InChI is InChI=1S/C17H17FN2O2S2/c1-3-22-17(21)16-15(11-6-7-20(2)9-14(11)24-16)19-13-5-4-10(23)8-12(13)18/h4-8,19,23H,3,9H2,1-2H3. The Kier molecular flexibility index (Phi) is 4.82. The van der Waals surface area contributed by atoms with Crippen LogP contribution in [0.2, 0.25) is 0 Å². The number of thiol groups is 1. The minimum absolute atomic E-state index is 0.291. The quantitative estimate of drug-likeness (QED) is 0.619. The molecule has 1 aliphatic heterocycles. The van der Waals surface area contributed by atoms with E-state index in [1.165, 1.54) is 17.4 Å². The van der Waals surface area contributed by atoms with Gasteiger partial charge >= 0.3 is 5.97 Å². The number of esters is 1. The Labute approximate surface area is 149 Å². The summed E-state index contributed by atoms with van der Waals surface area (Å²) >= 11 is 5.50. The molecule has 0 saturated carbocycles. The molecule has 0 atom stereocenters. The Morgan fingerprint density at radius 3 is 3.00 bits per heavy atom. The lowest BCUT2D eigenvalue weighted by atomic mass is 10.1. The number of thiophene rings is 1. The smallest absolute Gasteiger partial charge is 0.350 e. The number of anilines is 2. The van der Waals surface area contributed by atoms with Crippen molar-refractivity contribution in [3.8, 4) is 0 Å². The van der Waals surface area contributed by atoms with Crippen molar-refractivity contribution in [3.05, 3.63) is 45.5 Å². The van der Waals surface area contributed by atoms with Gasteiger partial charge in [0.15, 0.2) is 0 Å². The Balaban J connectivity index is 2.05. The van der Waals surface area contributed by atoms with E-state index in [1.54, 1.807) is 19.1 Å². The molecule has 0 unspecified atom stereocenters. The number of hydrogen-bond donors (Lipinski definition) is 2. The molecular formula is C17H17FN2O2S2. The highest BCUT2D eigenvalue weighted by atomic mass is 32.1. The number of fused-ring (bicyclic) bond motifs is 1. The monoisotopic (exact) mass is 364 g/mol. The van der Waals surface area contributed by atoms with Gasteiger partial charge in [-0.3, -0.25) is 0 Å². The summed E-state index contributed by atoms with van der Waals surface area (Å²) in [6.45, 7) is 2.75. The van der Waals surface area contributed by atoms with Crippen LogP contribution in [-0.4, -0.2) is 24.5 Å². The number of nitrogens with one attached hydrogen (secondary N) is 1. The molecule has 0 radical (unpaired) electrons. The Hall–Kier alpha value is -1.99. The molecule has 0 bridgehead atoms. The number of carbonyl (C=O) groups excluding carboxylic acids is 1. The molecule has 1 aliphatic rings. The van der Waals surface area contributed by atoms with Crippen molar-refractivity contribution in [2.45, 2.75) is 18.4 Å². The lowest BCUT2D eigenvalue weighted by Crippen LogP contribution is -2.12. The van der Waals surface area contributed by atoms with Crippen molar-refractivity contribution in [2.24, 2.45) is 0 Å². The Morgan fingerprint density at radius 2 is 2.29 bits per heavy atom. The predicted molar refractivity (Wildman–Crippen MR) is 97.7 cm³/mol. The van der Waals surface area contributed by atoms with Crippen LogP contribution in [-0.2, 0) is 11.3 Å². The highest BCUT2D eigenvalue weighted by Gasteiger charge is 2.25. The summed E-state index contributed by atoms with van der Waals surface area (Å²) in [4.78, 5) is 16.4. The molecule has 1 N–H and O–H groups in total. The van der Waals surface area contributed by atoms with Crippen molar-refractivity contribution in [3.63, 3.8) is 0 Å². The second kappa shape index (κ2) is 6.86. The molecule has 3 rings (SSSR count). The average Bonchev–Trinajstić information content (AvgIpc) is 2.88. The highest BCUT2D eigenvalue weighted by Crippen LogP contribution is 2.40. The lowest BCUT2D eigenvalue weighted by molar-refractivity contribution is 0.0533. The van der Waals surface area contributed by atoms with Gasteiger partial charge < -0.3 is 15.0 Å². The molecule has 24 heavy (non-hydrogen) atoms. The third-order valence-electron chi connectivity index (χ3n) is 3.58. The average molecular weight is 364 g/mol. The molecule has 2 aromatic rings. The van der Waals surface area contributed by atoms with Gasteiger partial charge in [0.05, 0.1) is 24.5 Å². The molecule has 0 amide bonds. The minimum atomic E-state index is -0.422. The fourth-order valence-electron chi connectivity index (χ4n) is 2.47. The van der Waals surface area contributed by atoms with Crippen molar-refractivity contribution >= 4 is 47.4 Å². The van der Waals surface area contributed by atoms with Crippen LogP contribution in [0.25, 0.3) is 6.08 Å². The summed E-state index contributed by atoms with van der Waals surface area (Å²) in [6.07, 6.45) is 3.85. The SMILES string of the molecule is CCOC(=O)c1sc2c(c1Nc1ccc(S)cc1F)C=CN(C)C2. The van der Waals surface area contributed by atoms with Gasteiger partial charge in [-0.2, -0.15) is 0 Å². The maximum Gasteiger partial charge on any atom is 0.350 e. The molecular weight excluding hydrogens is 347 g/mol. The third-order valence-corrected chi connectivity index (χ3v) is 5.03. The minimum Gasteiger partial charge on any atom is -0.462 e. The van der Waals surface area contributed by atoms with Crippen LogP contribution in [0.4, 0.5) is 15.8 Å². The molecule has 4 nitrogen and oxygen atoms in total. The molecule has 0 spiro atoms. The maximum atomic E-state index is 14.2. The number of hydrogen-bond acceptors (Lipinski definition) is 6. The van der Waals surface area contributed by atoms with E-state index in [0.29, 0.717) is 34.3 Å². The van der Waals surface area contributed by atoms with E-state index in [9.17, 15) is 9.18 Å². The second-order valence-corrected chi connectivity index (χ2v) is 7.01. The summed E-state index contributed by atoms with van der Waals surface area (Å²) in [5.41, 5.74) is 1.78. The third kappa shape index (κ3) is 3.27. The summed E-state index contributed by atoms with van der Waals surface area (Å²) in [5.74, 6) is -0.823. The maximum absolute atomic E-state index is 14.2. The number of benzene rings is 1. The zero-order chi connectivity index (χ0) is 17.3. The molecule has 0 fully saturated rings. The molecule has 7 heteroatoms. The van der Waals surface area contributed by atoms with Crippen LogP contribution >= 0.6 is 24.0 Å². The molecule has 2 heterocycles. The summed E-state index contributed by atoms with van der Waals surface area (Å²) in [6, 6.07) is 4.63. The number of ether oxygens (including phenoxy) is 1. The number of carbonyl (C=O) groups is 1.